The largest absolute Gasteiger partial charge is 0.335 e. The van der Waals surface area contributed by atoms with Crippen LogP contribution in [0.25, 0.3) is 0 Å². The van der Waals surface area contributed by atoms with E-state index in [1.54, 1.807) is 12.1 Å². The summed E-state index contributed by atoms with van der Waals surface area (Å²) in [5.74, 6) is -2.43. The molecule has 2 aromatic rings. The average Bonchev–Trinajstić information content (AvgIpc) is 3.18. The minimum absolute atomic E-state index is 0.0239. The van der Waals surface area contributed by atoms with Crippen molar-refractivity contribution in [2.24, 2.45) is 0 Å². The SMILES string of the molecule is Cc1cccc(C)c1NC(=O)CN1C(=O)C(=O)N(Cc2cccs2)C1=O. The predicted molar refractivity (Wildman–Crippen MR) is 96.5 cm³/mol. The lowest BCUT2D eigenvalue weighted by molar-refractivity contribution is -0.143. The van der Waals surface area contributed by atoms with Crippen molar-refractivity contribution in [1.82, 2.24) is 9.80 Å². The third-order valence-corrected chi connectivity index (χ3v) is 4.94. The van der Waals surface area contributed by atoms with Crippen molar-refractivity contribution in [3.05, 3.63) is 51.7 Å². The second kappa shape index (κ2) is 7.09. The monoisotopic (exact) mass is 371 g/mol. The minimum Gasteiger partial charge on any atom is -0.324 e. The molecule has 3 rings (SSSR count). The Morgan fingerprint density at radius 3 is 2.27 bits per heavy atom. The number of rotatable bonds is 5. The van der Waals surface area contributed by atoms with Gasteiger partial charge >= 0.3 is 17.8 Å². The van der Waals surface area contributed by atoms with Gasteiger partial charge in [-0.05, 0) is 36.4 Å². The highest BCUT2D eigenvalue weighted by atomic mass is 32.1. The van der Waals surface area contributed by atoms with Gasteiger partial charge in [-0.1, -0.05) is 24.3 Å². The lowest BCUT2D eigenvalue weighted by atomic mass is 10.1. The number of benzene rings is 1. The number of nitrogens with one attached hydrogen (secondary N) is 1. The Labute approximate surface area is 154 Å². The smallest absolute Gasteiger partial charge is 0.324 e. The van der Waals surface area contributed by atoms with Crippen LogP contribution in [-0.4, -0.2) is 40.1 Å². The topological polar surface area (TPSA) is 86.8 Å². The number of anilines is 1. The summed E-state index contributed by atoms with van der Waals surface area (Å²) in [4.78, 5) is 51.2. The molecule has 0 spiro atoms. The Morgan fingerprint density at radius 2 is 1.65 bits per heavy atom. The maximum absolute atomic E-state index is 12.4. The number of aryl methyl sites for hydroxylation is 2. The molecular formula is C18H17N3O4S. The maximum Gasteiger partial charge on any atom is 0.335 e. The van der Waals surface area contributed by atoms with Gasteiger partial charge in [0.25, 0.3) is 0 Å². The molecule has 1 N–H and O–H groups in total. The van der Waals surface area contributed by atoms with Crippen LogP contribution in [0.2, 0.25) is 0 Å². The van der Waals surface area contributed by atoms with Gasteiger partial charge in [0.15, 0.2) is 0 Å². The number of amides is 5. The molecule has 1 fully saturated rings. The molecule has 8 heteroatoms. The first kappa shape index (κ1) is 17.8. The van der Waals surface area contributed by atoms with Crippen molar-refractivity contribution in [2.45, 2.75) is 20.4 Å². The average molecular weight is 371 g/mol. The molecule has 0 atom stereocenters. The first-order valence-corrected chi connectivity index (χ1v) is 8.82. The molecule has 5 amide bonds. The van der Waals surface area contributed by atoms with E-state index in [0.717, 1.165) is 20.9 Å². The van der Waals surface area contributed by atoms with E-state index in [1.165, 1.54) is 11.3 Å². The Morgan fingerprint density at radius 1 is 1.00 bits per heavy atom. The molecule has 1 aromatic carbocycles. The van der Waals surface area contributed by atoms with Crippen LogP contribution in [-0.2, 0) is 20.9 Å². The third-order valence-electron chi connectivity index (χ3n) is 4.08. The van der Waals surface area contributed by atoms with Crippen LogP contribution in [0.1, 0.15) is 16.0 Å². The van der Waals surface area contributed by atoms with Crippen LogP contribution in [0, 0.1) is 13.8 Å². The maximum atomic E-state index is 12.4. The minimum atomic E-state index is -0.983. The molecule has 1 aromatic heterocycles. The third kappa shape index (κ3) is 3.36. The fourth-order valence-corrected chi connectivity index (χ4v) is 3.41. The number of carbonyl (C=O) groups is 4. The summed E-state index contributed by atoms with van der Waals surface area (Å²) in [7, 11) is 0. The summed E-state index contributed by atoms with van der Waals surface area (Å²) in [6.45, 7) is 3.22. The van der Waals surface area contributed by atoms with Crippen LogP contribution >= 0.6 is 11.3 Å². The molecule has 26 heavy (non-hydrogen) atoms. The van der Waals surface area contributed by atoms with Crippen LogP contribution in [0.5, 0.6) is 0 Å². The number of hydrogen-bond acceptors (Lipinski definition) is 5. The molecule has 0 radical (unpaired) electrons. The van der Waals surface area contributed by atoms with Crippen molar-refractivity contribution in [3.63, 3.8) is 0 Å². The molecule has 0 bridgehead atoms. The summed E-state index contributed by atoms with van der Waals surface area (Å²) in [5.41, 5.74) is 2.37. The lowest BCUT2D eigenvalue weighted by Crippen LogP contribution is -2.39. The summed E-state index contributed by atoms with van der Waals surface area (Å²) in [6.07, 6.45) is 0. The van der Waals surface area contributed by atoms with Gasteiger partial charge in [-0.15, -0.1) is 11.3 Å². The zero-order valence-corrected chi connectivity index (χ0v) is 15.1. The van der Waals surface area contributed by atoms with E-state index in [4.69, 9.17) is 0 Å². The van der Waals surface area contributed by atoms with Gasteiger partial charge in [0.05, 0.1) is 6.54 Å². The van der Waals surface area contributed by atoms with Crippen LogP contribution < -0.4 is 5.32 Å². The summed E-state index contributed by atoms with van der Waals surface area (Å²) in [5, 5.41) is 4.53. The van der Waals surface area contributed by atoms with E-state index in [1.807, 2.05) is 37.4 Å². The summed E-state index contributed by atoms with van der Waals surface area (Å²) < 4.78 is 0. The Hall–Kier alpha value is -3.00. The van der Waals surface area contributed by atoms with Gasteiger partial charge in [-0.25, -0.2) is 9.69 Å². The van der Waals surface area contributed by atoms with E-state index < -0.39 is 30.3 Å². The molecule has 7 nitrogen and oxygen atoms in total. The van der Waals surface area contributed by atoms with Crippen LogP contribution in [0.3, 0.4) is 0 Å². The number of urea groups is 1. The predicted octanol–water partition coefficient (Wildman–Crippen LogP) is 2.29. The van der Waals surface area contributed by atoms with Crippen molar-refractivity contribution < 1.29 is 19.2 Å². The second-order valence-corrected chi connectivity index (χ2v) is 6.99. The Bertz CT molecular complexity index is 872. The van der Waals surface area contributed by atoms with Gasteiger partial charge < -0.3 is 5.32 Å². The second-order valence-electron chi connectivity index (χ2n) is 5.96. The molecule has 1 saturated heterocycles. The lowest BCUT2D eigenvalue weighted by Gasteiger charge is -2.16. The van der Waals surface area contributed by atoms with Gasteiger partial charge in [0.2, 0.25) is 5.91 Å². The molecule has 134 valence electrons. The van der Waals surface area contributed by atoms with Gasteiger partial charge in [-0.3, -0.25) is 19.3 Å². The molecular weight excluding hydrogens is 354 g/mol. The first-order valence-electron chi connectivity index (χ1n) is 7.94. The zero-order chi connectivity index (χ0) is 18.8. The van der Waals surface area contributed by atoms with Crippen molar-refractivity contribution in [2.75, 3.05) is 11.9 Å². The van der Waals surface area contributed by atoms with E-state index >= 15 is 0 Å². The Balaban J connectivity index is 1.71. The number of para-hydroxylation sites is 1. The number of thiophene rings is 1. The van der Waals surface area contributed by atoms with Gasteiger partial charge in [0, 0.05) is 10.6 Å². The van der Waals surface area contributed by atoms with Crippen molar-refractivity contribution >= 4 is 40.8 Å². The number of carbonyl (C=O) groups excluding carboxylic acids is 4. The normalized spacial score (nSPS) is 14.3. The van der Waals surface area contributed by atoms with E-state index in [-0.39, 0.29) is 6.54 Å². The number of imide groups is 2. The molecule has 0 aliphatic carbocycles. The zero-order valence-electron chi connectivity index (χ0n) is 14.3. The fourth-order valence-electron chi connectivity index (χ4n) is 2.72. The quantitative estimate of drug-likeness (QED) is 0.645. The van der Waals surface area contributed by atoms with Crippen LogP contribution in [0.15, 0.2) is 35.7 Å². The summed E-state index contributed by atoms with van der Waals surface area (Å²) in [6, 6.07) is 8.36. The molecule has 1 aliphatic heterocycles. The van der Waals surface area contributed by atoms with E-state index in [2.05, 4.69) is 5.32 Å². The summed E-state index contributed by atoms with van der Waals surface area (Å²) >= 11 is 1.38. The fraction of sp³-hybridized carbons (Fsp3) is 0.222. The highest BCUT2D eigenvalue weighted by Crippen LogP contribution is 2.21. The van der Waals surface area contributed by atoms with Crippen LogP contribution in [0.4, 0.5) is 10.5 Å². The molecule has 0 saturated carbocycles. The highest BCUT2D eigenvalue weighted by Gasteiger charge is 2.45. The van der Waals surface area contributed by atoms with E-state index in [9.17, 15) is 19.2 Å². The Kier molecular flexibility index (Phi) is 4.85. The van der Waals surface area contributed by atoms with Gasteiger partial charge in [-0.2, -0.15) is 0 Å². The van der Waals surface area contributed by atoms with E-state index in [0.29, 0.717) is 10.6 Å². The van der Waals surface area contributed by atoms with Crippen molar-refractivity contribution in [3.8, 4) is 0 Å². The van der Waals surface area contributed by atoms with Crippen molar-refractivity contribution in [1.29, 1.82) is 0 Å². The first-order chi connectivity index (χ1) is 12.4. The highest BCUT2D eigenvalue weighted by molar-refractivity contribution is 7.09. The number of hydrogen-bond donors (Lipinski definition) is 1. The molecule has 0 unspecified atom stereocenters. The molecule has 2 heterocycles. The van der Waals surface area contributed by atoms with Gasteiger partial charge in [0.1, 0.15) is 6.54 Å². The standard InChI is InChI=1S/C18H17N3O4S/c1-11-5-3-6-12(2)15(11)19-14(22)10-21-17(24)16(23)20(18(21)25)9-13-7-4-8-26-13/h3-8H,9-10H2,1-2H3,(H,19,22). The molecule has 1 aliphatic rings. The number of nitrogens with zero attached hydrogens (tertiary/aromatic N) is 2.